The maximum atomic E-state index is 13.3. The minimum absolute atomic E-state index is 0.141. The second-order valence-electron chi connectivity index (χ2n) is 6.80. The van der Waals surface area contributed by atoms with Gasteiger partial charge in [-0.25, -0.2) is 4.39 Å². The fourth-order valence-electron chi connectivity index (χ4n) is 3.55. The Balaban J connectivity index is 1.89. The Morgan fingerprint density at radius 2 is 2.05 bits per heavy atom. The van der Waals surface area contributed by atoms with Crippen LogP contribution in [0.2, 0.25) is 0 Å². The Hall–Kier alpha value is -0.890. The number of hydrogen-bond acceptors (Lipinski definition) is 1. The minimum atomic E-state index is -0.141. The first kappa shape index (κ1) is 15.5. The molecule has 1 nitrogen and oxygen atoms in total. The topological polar surface area (TPSA) is 12.0 Å². The predicted molar refractivity (Wildman–Crippen MR) is 83.2 cm³/mol. The van der Waals surface area contributed by atoms with E-state index >= 15 is 0 Å². The van der Waals surface area contributed by atoms with E-state index in [1.54, 1.807) is 12.1 Å². The van der Waals surface area contributed by atoms with Crippen LogP contribution < -0.4 is 5.32 Å². The molecule has 0 heterocycles. The molecule has 20 heavy (non-hydrogen) atoms. The molecule has 1 aromatic rings. The molecule has 1 aliphatic rings. The van der Waals surface area contributed by atoms with Crippen molar-refractivity contribution in [2.75, 3.05) is 0 Å². The monoisotopic (exact) mass is 277 g/mol. The summed E-state index contributed by atoms with van der Waals surface area (Å²) in [6.45, 7) is 6.76. The third-order valence-corrected chi connectivity index (χ3v) is 4.42. The molecule has 0 saturated heterocycles. The van der Waals surface area contributed by atoms with Crippen molar-refractivity contribution in [3.05, 3.63) is 35.6 Å². The average molecular weight is 277 g/mol. The molecule has 1 aliphatic carbocycles. The molecule has 0 radical (unpaired) electrons. The fraction of sp³-hybridized carbons (Fsp3) is 0.667. The van der Waals surface area contributed by atoms with Crippen molar-refractivity contribution >= 4 is 0 Å². The summed E-state index contributed by atoms with van der Waals surface area (Å²) in [5, 5.41) is 3.70. The molecule has 0 bridgehead atoms. The van der Waals surface area contributed by atoms with E-state index in [9.17, 15) is 4.39 Å². The van der Waals surface area contributed by atoms with Crippen molar-refractivity contribution in [3.8, 4) is 0 Å². The average Bonchev–Trinajstić information content (AvgIpc) is 2.38. The molecule has 1 saturated carbocycles. The van der Waals surface area contributed by atoms with Gasteiger partial charge < -0.3 is 5.32 Å². The summed E-state index contributed by atoms with van der Waals surface area (Å²) < 4.78 is 13.3. The number of halogens is 1. The Bertz CT molecular complexity index is 416. The lowest BCUT2D eigenvalue weighted by Crippen LogP contribution is -2.36. The van der Waals surface area contributed by atoms with Gasteiger partial charge in [0, 0.05) is 12.1 Å². The Morgan fingerprint density at radius 1 is 1.25 bits per heavy atom. The van der Waals surface area contributed by atoms with Crippen LogP contribution in [0.5, 0.6) is 0 Å². The van der Waals surface area contributed by atoms with Gasteiger partial charge in [0.1, 0.15) is 5.82 Å². The number of benzene rings is 1. The molecule has 112 valence electrons. The number of hydrogen-bond donors (Lipinski definition) is 1. The van der Waals surface area contributed by atoms with Crippen molar-refractivity contribution in [2.24, 2.45) is 11.8 Å². The van der Waals surface area contributed by atoms with E-state index in [0.29, 0.717) is 6.04 Å². The van der Waals surface area contributed by atoms with E-state index in [2.05, 4.69) is 26.1 Å². The second kappa shape index (κ2) is 7.21. The fourth-order valence-corrected chi connectivity index (χ4v) is 3.55. The first-order chi connectivity index (χ1) is 9.54. The first-order valence-electron chi connectivity index (χ1n) is 8.06. The first-order valence-corrected chi connectivity index (χ1v) is 8.06. The zero-order valence-corrected chi connectivity index (χ0v) is 13.0. The van der Waals surface area contributed by atoms with Crippen molar-refractivity contribution in [1.82, 2.24) is 5.32 Å². The van der Waals surface area contributed by atoms with Crippen LogP contribution in [0.3, 0.4) is 0 Å². The molecule has 1 fully saturated rings. The highest BCUT2D eigenvalue weighted by Gasteiger charge is 2.23. The lowest BCUT2D eigenvalue weighted by atomic mass is 9.81. The molecule has 0 amide bonds. The maximum Gasteiger partial charge on any atom is 0.123 e. The van der Waals surface area contributed by atoms with Gasteiger partial charge in [-0.15, -0.1) is 0 Å². The highest BCUT2D eigenvalue weighted by Crippen LogP contribution is 2.30. The molecule has 0 aliphatic heterocycles. The quantitative estimate of drug-likeness (QED) is 0.791. The van der Waals surface area contributed by atoms with Gasteiger partial charge in [-0.3, -0.25) is 0 Å². The van der Waals surface area contributed by atoms with Gasteiger partial charge in [-0.1, -0.05) is 38.8 Å². The molecular weight excluding hydrogens is 249 g/mol. The van der Waals surface area contributed by atoms with Crippen LogP contribution in [-0.2, 0) is 0 Å². The van der Waals surface area contributed by atoms with E-state index in [0.717, 1.165) is 17.4 Å². The van der Waals surface area contributed by atoms with Crippen LogP contribution in [0, 0.1) is 17.7 Å². The SMILES string of the molecule is CC(C)CC1CCCC(N[C@@H](C)c2cccc(F)c2)C1. The molecule has 0 aromatic heterocycles. The summed E-state index contributed by atoms with van der Waals surface area (Å²) in [4.78, 5) is 0. The van der Waals surface area contributed by atoms with Gasteiger partial charge in [0.2, 0.25) is 0 Å². The van der Waals surface area contributed by atoms with Gasteiger partial charge in [0.15, 0.2) is 0 Å². The zero-order valence-electron chi connectivity index (χ0n) is 13.0. The minimum Gasteiger partial charge on any atom is -0.307 e. The van der Waals surface area contributed by atoms with Gasteiger partial charge in [0.25, 0.3) is 0 Å². The van der Waals surface area contributed by atoms with Gasteiger partial charge in [-0.2, -0.15) is 0 Å². The molecule has 2 rings (SSSR count). The number of nitrogens with one attached hydrogen (secondary N) is 1. The van der Waals surface area contributed by atoms with Crippen LogP contribution in [0.25, 0.3) is 0 Å². The predicted octanol–water partition coefficient (Wildman–Crippen LogP) is 5.08. The lowest BCUT2D eigenvalue weighted by Gasteiger charge is -2.33. The van der Waals surface area contributed by atoms with Crippen LogP contribution in [0.15, 0.2) is 24.3 Å². The zero-order chi connectivity index (χ0) is 14.5. The van der Waals surface area contributed by atoms with Crippen molar-refractivity contribution in [1.29, 1.82) is 0 Å². The molecule has 3 atom stereocenters. The van der Waals surface area contributed by atoms with Crippen molar-refractivity contribution in [2.45, 2.75) is 65.0 Å². The van der Waals surface area contributed by atoms with E-state index in [-0.39, 0.29) is 11.9 Å². The van der Waals surface area contributed by atoms with E-state index in [4.69, 9.17) is 0 Å². The van der Waals surface area contributed by atoms with E-state index < -0.39 is 0 Å². The summed E-state index contributed by atoms with van der Waals surface area (Å²) in [5.41, 5.74) is 1.05. The summed E-state index contributed by atoms with van der Waals surface area (Å²) in [6.07, 6.45) is 6.58. The lowest BCUT2D eigenvalue weighted by molar-refractivity contribution is 0.242. The molecular formula is C18H28FN. The molecule has 2 heteroatoms. The van der Waals surface area contributed by atoms with Crippen LogP contribution in [-0.4, -0.2) is 6.04 Å². The standard InChI is InChI=1S/C18H28FN/c1-13(2)10-15-6-4-9-18(11-15)20-14(3)16-7-5-8-17(19)12-16/h5,7-8,12-15,18,20H,4,6,9-11H2,1-3H3/t14-,15?,18?/m0/s1. The van der Waals surface area contributed by atoms with Gasteiger partial charge in [-0.05, 0) is 55.7 Å². The molecule has 1 aromatic carbocycles. The summed E-state index contributed by atoms with van der Waals surface area (Å²) in [5.74, 6) is 1.51. The van der Waals surface area contributed by atoms with E-state index in [1.165, 1.54) is 38.2 Å². The maximum absolute atomic E-state index is 13.3. The summed E-state index contributed by atoms with van der Waals surface area (Å²) in [7, 11) is 0. The largest absolute Gasteiger partial charge is 0.307 e. The molecule has 0 spiro atoms. The van der Waals surface area contributed by atoms with Crippen LogP contribution in [0.1, 0.15) is 64.5 Å². The van der Waals surface area contributed by atoms with Crippen molar-refractivity contribution in [3.63, 3.8) is 0 Å². The van der Waals surface area contributed by atoms with E-state index in [1.807, 2.05) is 6.07 Å². The third kappa shape index (κ3) is 4.59. The van der Waals surface area contributed by atoms with Crippen LogP contribution >= 0.6 is 0 Å². The van der Waals surface area contributed by atoms with Gasteiger partial charge in [0.05, 0.1) is 0 Å². The van der Waals surface area contributed by atoms with Crippen LogP contribution in [0.4, 0.5) is 4.39 Å². The van der Waals surface area contributed by atoms with Gasteiger partial charge >= 0.3 is 0 Å². The highest BCUT2D eigenvalue weighted by molar-refractivity contribution is 5.19. The Kier molecular flexibility index (Phi) is 5.59. The second-order valence-corrected chi connectivity index (χ2v) is 6.80. The smallest absolute Gasteiger partial charge is 0.123 e. The Morgan fingerprint density at radius 3 is 2.75 bits per heavy atom. The summed E-state index contributed by atoms with van der Waals surface area (Å²) in [6, 6.07) is 7.78. The number of rotatable bonds is 5. The molecule has 1 N–H and O–H groups in total. The van der Waals surface area contributed by atoms with Crippen molar-refractivity contribution < 1.29 is 4.39 Å². The normalized spacial score (nSPS) is 24.9. The third-order valence-electron chi connectivity index (χ3n) is 4.42. The Labute approximate surface area is 123 Å². The molecule has 2 unspecified atom stereocenters. The summed E-state index contributed by atoms with van der Waals surface area (Å²) >= 11 is 0. The highest BCUT2D eigenvalue weighted by atomic mass is 19.1.